The average molecular weight is 283 g/mol. The summed E-state index contributed by atoms with van der Waals surface area (Å²) in [4.78, 5) is 12.0. The summed E-state index contributed by atoms with van der Waals surface area (Å²) in [6, 6.07) is 8.84. The molecule has 0 bridgehead atoms. The zero-order valence-electron chi connectivity index (χ0n) is 11.8. The van der Waals surface area contributed by atoms with Gasteiger partial charge in [0, 0.05) is 5.69 Å². The van der Waals surface area contributed by atoms with Crippen LogP contribution in [0.25, 0.3) is 0 Å². The van der Waals surface area contributed by atoms with E-state index < -0.39 is 21.0 Å². The Morgan fingerprint density at radius 3 is 2.21 bits per heavy atom. The molecule has 0 fully saturated rings. The third-order valence-electron chi connectivity index (χ3n) is 2.58. The van der Waals surface area contributed by atoms with Crippen LogP contribution in [0.5, 0.6) is 0 Å². The summed E-state index contributed by atoms with van der Waals surface area (Å²) in [6.07, 6.45) is 0. The van der Waals surface area contributed by atoms with Crippen molar-refractivity contribution in [1.82, 2.24) is 0 Å². The van der Waals surface area contributed by atoms with Gasteiger partial charge in [0.2, 0.25) is 5.91 Å². The SMILES string of the molecule is C[C@H](C(=O)Nc1ccccc1)S(=O)(=O)CC(C)(C)C. The molecule has 4 nitrogen and oxygen atoms in total. The van der Waals surface area contributed by atoms with Crippen LogP contribution in [0.4, 0.5) is 5.69 Å². The molecule has 1 atom stereocenters. The Labute approximate surface area is 115 Å². The van der Waals surface area contributed by atoms with Crippen LogP contribution in [-0.4, -0.2) is 25.3 Å². The number of rotatable bonds is 4. The van der Waals surface area contributed by atoms with Crippen molar-refractivity contribution in [2.45, 2.75) is 32.9 Å². The monoisotopic (exact) mass is 283 g/mol. The Hall–Kier alpha value is -1.36. The molecule has 1 rings (SSSR count). The lowest BCUT2D eigenvalue weighted by Gasteiger charge is -2.21. The van der Waals surface area contributed by atoms with Gasteiger partial charge in [-0.3, -0.25) is 4.79 Å². The van der Waals surface area contributed by atoms with E-state index in [-0.39, 0.29) is 11.2 Å². The van der Waals surface area contributed by atoms with Crippen LogP contribution >= 0.6 is 0 Å². The fourth-order valence-electron chi connectivity index (χ4n) is 1.66. The fraction of sp³-hybridized carbons (Fsp3) is 0.500. The van der Waals surface area contributed by atoms with E-state index in [2.05, 4.69) is 5.32 Å². The number of carbonyl (C=O) groups excluding carboxylic acids is 1. The van der Waals surface area contributed by atoms with Crippen molar-refractivity contribution >= 4 is 21.4 Å². The minimum absolute atomic E-state index is 0.0105. The van der Waals surface area contributed by atoms with E-state index in [9.17, 15) is 13.2 Å². The number of sulfone groups is 1. The highest BCUT2D eigenvalue weighted by Crippen LogP contribution is 2.19. The molecular weight excluding hydrogens is 262 g/mol. The van der Waals surface area contributed by atoms with Crippen molar-refractivity contribution in [2.75, 3.05) is 11.1 Å². The molecule has 0 saturated carbocycles. The normalized spacial score (nSPS) is 13.9. The summed E-state index contributed by atoms with van der Waals surface area (Å²) in [7, 11) is -3.45. The smallest absolute Gasteiger partial charge is 0.242 e. The molecule has 1 N–H and O–H groups in total. The maximum Gasteiger partial charge on any atom is 0.242 e. The second-order valence-electron chi connectivity index (χ2n) is 5.87. The summed E-state index contributed by atoms with van der Waals surface area (Å²) in [5.74, 6) is -0.501. The van der Waals surface area contributed by atoms with Crippen molar-refractivity contribution in [3.63, 3.8) is 0 Å². The molecular formula is C14H21NO3S. The highest BCUT2D eigenvalue weighted by molar-refractivity contribution is 7.92. The molecule has 5 heteroatoms. The van der Waals surface area contributed by atoms with E-state index in [0.29, 0.717) is 5.69 Å². The van der Waals surface area contributed by atoms with Crippen LogP contribution in [-0.2, 0) is 14.6 Å². The Bertz CT molecular complexity index is 530. The summed E-state index contributed by atoms with van der Waals surface area (Å²) >= 11 is 0. The predicted molar refractivity (Wildman–Crippen MR) is 77.8 cm³/mol. The van der Waals surface area contributed by atoms with Gasteiger partial charge < -0.3 is 5.32 Å². The quantitative estimate of drug-likeness (QED) is 0.923. The Kier molecular flexibility index (Phi) is 4.74. The van der Waals surface area contributed by atoms with Gasteiger partial charge in [0.25, 0.3) is 0 Å². The summed E-state index contributed by atoms with van der Waals surface area (Å²) < 4.78 is 24.2. The first-order chi connectivity index (χ1) is 8.62. The molecule has 106 valence electrons. The van der Waals surface area contributed by atoms with Gasteiger partial charge in [-0.25, -0.2) is 8.42 Å². The van der Waals surface area contributed by atoms with Crippen molar-refractivity contribution in [2.24, 2.45) is 5.41 Å². The lowest BCUT2D eigenvalue weighted by molar-refractivity contribution is -0.115. The minimum atomic E-state index is -3.45. The summed E-state index contributed by atoms with van der Waals surface area (Å²) in [5, 5.41) is 1.57. The fourth-order valence-corrected chi connectivity index (χ4v) is 3.50. The predicted octanol–water partition coefficient (Wildman–Crippen LogP) is 2.47. The molecule has 0 spiro atoms. The number of para-hydroxylation sites is 1. The maximum atomic E-state index is 12.1. The number of anilines is 1. The summed E-state index contributed by atoms with van der Waals surface area (Å²) in [6.45, 7) is 6.95. The molecule has 1 amide bonds. The zero-order valence-corrected chi connectivity index (χ0v) is 12.6. The number of amides is 1. The largest absolute Gasteiger partial charge is 0.325 e. The second-order valence-corrected chi connectivity index (χ2v) is 8.19. The second kappa shape index (κ2) is 5.74. The van der Waals surface area contributed by atoms with Gasteiger partial charge in [-0.05, 0) is 24.5 Å². The van der Waals surface area contributed by atoms with Crippen molar-refractivity contribution in [1.29, 1.82) is 0 Å². The van der Waals surface area contributed by atoms with E-state index in [0.717, 1.165) is 0 Å². The number of nitrogens with one attached hydrogen (secondary N) is 1. The number of hydrogen-bond acceptors (Lipinski definition) is 3. The van der Waals surface area contributed by atoms with E-state index in [4.69, 9.17) is 0 Å². The highest BCUT2D eigenvalue weighted by Gasteiger charge is 2.31. The van der Waals surface area contributed by atoms with E-state index >= 15 is 0 Å². The van der Waals surface area contributed by atoms with Crippen LogP contribution < -0.4 is 5.32 Å². The highest BCUT2D eigenvalue weighted by atomic mass is 32.2. The van der Waals surface area contributed by atoms with E-state index in [1.54, 1.807) is 24.3 Å². The first-order valence-electron chi connectivity index (χ1n) is 6.19. The van der Waals surface area contributed by atoms with Gasteiger partial charge in [-0.2, -0.15) is 0 Å². The number of carbonyl (C=O) groups is 1. The molecule has 0 aliphatic rings. The van der Waals surface area contributed by atoms with Crippen LogP contribution in [0.2, 0.25) is 0 Å². The van der Waals surface area contributed by atoms with Gasteiger partial charge in [0.05, 0.1) is 5.75 Å². The van der Waals surface area contributed by atoms with E-state index in [1.165, 1.54) is 6.92 Å². The van der Waals surface area contributed by atoms with Crippen LogP contribution in [0.15, 0.2) is 30.3 Å². The molecule has 1 aromatic carbocycles. The molecule has 0 radical (unpaired) electrons. The maximum absolute atomic E-state index is 12.1. The molecule has 0 heterocycles. The molecule has 0 aromatic heterocycles. The van der Waals surface area contributed by atoms with Gasteiger partial charge in [-0.1, -0.05) is 39.0 Å². The van der Waals surface area contributed by atoms with Crippen LogP contribution in [0.3, 0.4) is 0 Å². The molecule has 1 aromatic rings. The Balaban J connectivity index is 2.77. The lowest BCUT2D eigenvalue weighted by atomic mass is 10.0. The molecule has 0 saturated heterocycles. The standard InChI is InChI=1S/C14H21NO3S/c1-11(19(17,18)10-14(2,3)4)13(16)15-12-8-6-5-7-9-12/h5-9,11H,10H2,1-4H3,(H,15,16)/t11-/m1/s1. The number of benzene rings is 1. The van der Waals surface area contributed by atoms with Crippen molar-refractivity contribution in [3.8, 4) is 0 Å². The van der Waals surface area contributed by atoms with Crippen molar-refractivity contribution < 1.29 is 13.2 Å². The van der Waals surface area contributed by atoms with Gasteiger partial charge in [-0.15, -0.1) is 0 Å². The summed E-state index contributed by atoms with van der Waals surface area (Å²) in [5.41, 5.74) is 0.241. The topological polar surface area (TPSA) is 63.2 Å². The van der Waals surface area contributed by atoms with Gasteiger partial charge >= 0.3 is 0 Å². The van der Waals surface area contributed by atoms with Gasteiger partial charge in [0.15, 0.2) is 9.84 Å². The van der Waals surface area contributed by atoms with Crippen molar-refractivity contribution in [3.05, 3.63) is 30.3 Å². The molecule has 0 aliphatic carbocycles. The number of hydrogen-bond donors (Lipinski definition) is 1. The van der Waals surface area contributed by atoms with Crippen LogP contribution in [0.1, 0.15) is 27.7 Å². The third-order valence-corrected chi connectivity index (χ3v) is 5.14. The molecule has 0 unspecified atom stereocenters. The van der Waals surface area contributed by atoms with E-state index in [1.807, 2.05) is 26.8 Å². The molecule has 19 heavy (non-hydrogen) atoms. The molecule has 0 aliphatic heterocycles. The first kappa shape index (κ1) is 15.7. The zero-order chi connectivity index (χ0) is 14.7. The van der Waals surface area contributed by atoms with Gasteiger partial charge in [0.1, 0.15) is 5.25 Å². The minimum Gasteiger partial charge on any atom is -0.325 e. The van der Waals surface area contributed by atoms with Crippen LogP contribution in [0, 0.1) is 5.41 Å². The lowest BCUT2D eigenvalue weighted by Crippen LogP contribution is -2.37. The Morgan fingerprint density at radius 2 is 1.74 bits per heavy atom. The first-order valence-corrected chi connectivity index (χ1v) is 7.91. The Morgan fingerprint density at radius 1 is 1.21 bits per heavy atom. The average Bonchev–Trinajstić information content (AvgIpc) is 2.26. The third kappa shape index (κ3) is 5.03.